The summed E-state index contributed by atoms with van der Waals surface area (Å²) in [7, 11) is 0. The Kier molecular flexibility index (Phi) is 3.37. The van der Waals surface area contributed by atoms with Crippen LogP contribution in [0.15, 0.2) is 28.4 Å². The zero-order chi connectivity index (χ0) is 9.90. The van der Waals surface area contributed by atoms with E-state index in [0.717, 1.165) is 11.1 Å². The second-order valence-corrected chi connectivity index (χ2v) is 4.42. The van der Waals surface area contributed by atoms with Crippen LogP contribution in [0.1, 0.15) is 26.5 Å². The fraction of sp³-hybridized carbons (Fsp3) is 0.455. The average molecular weight is 243 g/mol. The molecule has 0 aromatic carbocycles. The Hall–Kier alpha value is -0.500. The van der Waals surface area contributed by atoms with E-state index in [1.807, 2.05) is 12.1 Å². The van der Waals surface area contributed by atoms with Crippen LogP contribution in [0.4, 0.5) is 0 Å². The van der Waals surface area contributed by atoms with Crippen molar-refractivity contribution in [3.63, 3.8) is 0 Å². The molecule has 0 N–H and O–H groups in total. The minimum absolute atomic E-state index is 0.187. The van der Waals surface area contributed by atoms with Crippen LogP contribution in [-0.4, -0.2) is 5.33 Å². The molecule has 0 saturated heterocycles. The summed E-state index contributed by atoms with van der Waals surface area (Å²) in [5.74, 6) is 0.923. The smallest absolute Gasteiger partial charge is 0.126 e. The van der Waals surface area contributed by atoms with Crippen molar-refractivity contribution in [2.24, 2.45) is 5.41 Å². The van der Waals surface area contributed by atoms with Crippen LogP contribution < -0.4 is 0 Å². The van der Waals surface area contributed by atoms with Crippen molar-refractivity contribution in [3.05, 3.63) is 29.7 Å². The Balaban J connectivity index is 2.84. The Labute approximate surface area is 88.0 Å². The number of halogens is 1. The fourth-order valence-electron chi connectivity index (χ4n) is 0.888. The molecular formula is C11H15BrO. The third-order valence-corrected chi connectivity index (χ3v) is 3.71. The first-order valence-electron chi connectivity index (χ1n) is 4.34. The van der Waals surface area contributed by atoms with Crippen LogP contribution in [-0.2, 0) is 0 Å². The monoisotopic (exact) mass is 242 g/mol. The van der Waals surface area contributed by atoms with Crippen molar-refractivity contribution in [1.82, 2.24) is 0 Å². The molecule has 0 spiro atoms. The van der Waals surface area contributed by atoms with Crippen LogP contribution in [0.2, 0.25) is 0 Å². The molecule has 0 aliphatic heterocycles. The van der Waals surface area contributed by atoms with Gasteiger partial charge in [-0.25, -0.2) is 0 Å². The van der Waals surface area contributed by atoms with Gasteiger partial charge in [0.1, 0.15) is 5.76 Å². The van der Waals surface area contributed by atoms with Gasteiger partial charge in [-0.2, -0.15) is 0 Å². The normalized spacial score (nSPS) is 13.4. The molecule has 0 aliphatic carbocycles. The summed E-state index contributed by atoms with van der Waals surface area (Å²) in [6.07, 6.45) is 3.78. The molecule has 72 valence electrons. The minimum Gasteiger partial charge on any atom is -0.465 e. The molecule has 0 unspecified atom stereocenters. The Morgan fingerprint density at radius 1 is 1.62 bits per heavy atom. The Morgan fingerprint density at radius 2 is 2.31 bits per heavy atom. The zero-order valence-electron chi connectivity index (χ0n) is 8.30. The molecule has 0 atom stereocenters. The summed E-state index contributed by atoms with van der Waals surface area (Å²) in [5, 5.41) is 0.961. The van der Waals surface area contributed by atoms with E-state index in [-0.39, 0.29) is 5.41 Å². The van der Waals surface area contributed by atoms with Gasteiger partial charge in [0.25, 0.3) is 0 Å². The summed E-state index contributed by atoms with van der Waals surface area (Å²) in [5.41, 5.74) is 1.51. The molecule has 1 aromatic rings. The number of rotatable bonds is 3. The van der Waals surface area contributed by atoms with Crippen molar-refractivity contribution in [1.29, 1.82) is 0 Å². The van der Waals surface area contributed by atoms with Crippen molar-refractivity contribution in [2.45, 2.75) is 20.8 Å². The fourth-order valence-corrected chi connectivity index (χ4v) is 1.33. The lowest BCUT2D eigenvalue weighted by molar-refractivity contribution is 0.517. The van der Waals surface area contributed by atoms with E-state index in [1.54, 1.807) is 6.26 Å². The van der Waals surface area contributed by atoms with Gasteiger partial charge in [0.15, 0.2) is 0 Å². The number of furan rings is 1. The molecule has 0 radical (unpaired) electrons. The van der Waals surface area contributed by atoms with Gasteiger partial charge in [0, 0.05) is 5.33 Å². The maximum Gasteiger partial charge on any atom is 0.126 e. The first-order valence-corrected chi connectivity index (χ1v) is 5.46. The standard InChI is InChI=1S/C11H15BrO/c1-9(11(2,3)8-12)7-10-5-4-6-13-10/h4-7H,8H2,1-3H3/b9-7+. The molecular weight excluding hydrogens is 228 g/mol. The van der Waals surface area contributed by atoms with E-state index in [2.05, 4.69) is 42.8 Å². The van der Waals surface area contributed by atoms with Crippen LogP contribution in [0.5, 0.6) is 0 Å². The average Bonchev–Trinajstić information content (AvgIpc) is 2.57. The lowest BCUT2D eigenvalue weighted by atomic mass is 9.87. The number of allylic oxidation sites excluding steroid dienone is 1. The largest absolute Gasteiger partial charge is 0.465 e. The number of alkyl halides is 1. The van der Waals surface area contributed by atoms with Gasteiger partial charge in [0.05, 0.1) is 6.26 Å². The highest BCUT2D eigenvalue weighted by Crippen LogP contribution is 2.29. The second-order valence-electron chi connectivity index (χ2n) is 3.86. The summed E-state index contributed by atoms with van der Waals surface area (Å²) in [6, 6.07) is 3.87. The van der Waals surface area contributed by atoms with E-state index in [4.69, 9.17) is 4.42 Å². The molecule has 1 heterocycles. The highest BCUT2D eigenvalue weighted by molar-refractivity contribution is 9.09. The highest BCUT2D eigenvalue weighted by Gasteiger charge is 2.18. The third-order valence-electron chi connectivity index (χ3n) is 2.30. The van der Waals surface area contributed by atoms with Crippen LogP contribution in [0, 0.1) is 5.41 Å². The number of hydrogen-bond donors (Lipinski definition) is 0. The van der Waals surface area contributed by atoms with Crippen molar-refractivity contribution >= 4 is 22.0 Å². The van der Waals surface area contributed by atoms with Gasteiger partial charge < -0.3 is 4.42 Å². The molecule has 0 bridgehead atoms. The Morgan fingerprint density at radius 3 is 2.77 bits per heavy atom. The van der Waals surface area contributed by atoms with Gasteiger partial charge in [-0.15, -0.1) is 0 Å². The molecule has 0 saturated carbocycles. The zero-order valence-corrected chi connectivity index (χ0v) is 9.89. The second kappa shape index (κ2) is 4.14. The molecule has 0 amide bonds. The van der Waals surface area contributed by atoms with E-state index in [1.165, 1.54) is 5.57 Å². The summed E-state index contributed by atoms with van der Waals surface area (Å²) < 4.78 is 5.25. The topological polar surface area (TPSA) is 13.1 Å². The lowest BCUT2D eigenvalue weighted by Crippen LogP contribution is -2.14. The first-order chi connectivity index (χ1) is 6.06. The lowest BCUT2D eigenvalue weighted by Gasteiger charge is -2.22. The van der Waals surface area contributed by atoms with Crippen molar-refractivity contribution in [2.75, 3.05) is 5.33 Å². The third kappa shape index (κ3) is 2.73. The van der Waals surface area contributed by atoms with Crippen molar-refractivity contribution < 1.29 is 4.42 Å². The van der Waals surface area contributed by atoms with E-state index in [9.17, 15) is 0 Å². The van der Waals surface area contributed by atoms with E-state index in [0.29, 0.717) is 0 Å². The summed E-state index contributed by atoms with van der Waals surface area (Å²) in [6.45, 7) is 6.54. The molecule has 1 aromatic heterocycles. The molecule has 1 nitrogen and oxygen atoms in total. The van der Waals surface area contributed by atoms with Gasteiger partial charge in [-0.1, -0.05) is 35.4 Å². The van der Waals surface area contributed by atoms with Gasteiger partial charge in [0.2, 0.25) is 0 Å². The maximum atomic E-state index is 5.25. The van der Waals surface area contributed by atoms with E-state index >= 15 is 0 Å². The molecule has 0 fully saturated rings. The summed E-state index contributed by atoms with van der Waals surface area (Å²) >= 11 is 3.50. The van der Waals surface area contributed by atoms with Gasteiger partial charge in [-0.05, 0) is 30.5 Å². The molecule has 1 rings (SSSR count). The van der Waals surface area contributed by atoms with E-state index < -0.39 is 0 Å². The Bertz CT molecular complexity index is 283. The molecule has 2 heteroatoms. The van der Waals surface area contributed by atoms with Gasteiger partial charge >= 0.3 is 0 Å². The number of hydrogen-bond acceptors (Lipinski definition) is 1. The maximum absolute atomic E-state index is 5.25. The molecule has 13 heavy (non-hydrogen) atoms. The first kappa shape index (κ1) is 10.6. The van der Waals surface area contributed by atoms with Crippen LogP contribution in [0.25, 0.3) is 6.08 Å². The quantitative estimate of drug-likeness (QED) is 0.728. The minimum atomic E-state index is 0.187. The summed E-state index contributed by atoms with van der Waals surface area (Å²) in [4.78, 5) is 0. The molecule has 0 aliphatic rings. The SMILES string of the molecule is C/C(=C\c1ccco1)C(C)(C)CBr. The highest BCUT2D eigenvalue weighted by atomic mass is 79.9. The predicted octanol–water partition coefficient (Wildman–Crippen LogP) is 4.10. The van der Waals surface area contributed by atoms with Crippen LogP contribution >= 0.6 is 15.9 Å². The van der Waals surface area contributed by atoms with Gasteiger partial charge in [-0.3, -0.25) is 0 Å². The van der Waals surface area contributed by atoms with Crippen LogP contribution in [0.3, 0.4) is 0 Å². The van der Waals surface area contributed by atoms with Crippen molar-refractivity contribution in [3.8, 4) is 0 Å². The predicted molar refractivity (Wildman–Crippen MR) is 59.9 cm³/mol.